The van der Waals surface area contributed by atoms with E-state index in [-0.39, 0.29) is 23.7 Å². The molecule has 0 N–H and O–H groups in total. The zero-order valence-electron chi connectivity index (χ0n) is 25.2. The highest BCUT2D eigenvalue weighted by Gasteiger charge is 2.40. The van der Waals surface area contributed by atoms with Gasteiger partial charge in [0.05, 0.1) is 36.7 Å². The molecule has 1 aromatic heterocycles. The number of aromatic nitrogens is 1. The summed E-state index contributed by atoms with van der Waals surface area (Å²) in [6.45, 7) is 2.21. The largest absolute Gasteiger partial charge is 0.493 e. The van der Waals surface area contributed by atoms with Crippen molar-refractivity contribution >= 4 is 34.2 Å². The maximum absolute atomic E-state index is 13.8. The van der Waals surface area contributed by atoms with Crippen molar-refractivity contribution < 1.29 is 41.7 Å². The highest BCUT2D eigenvalue weighted by atomic mass is 19.4. The summed E-state index contributed by atoms with van der Waals surface area (Å²) >= 11 is 0. The maximum atomic E-state index is 13.8. The Labute approximate surface area is 262 Å². The summed E-state index contributed by atoms with van der Waals surface area (Å²) in [5, 5.41) is 0.672. The summed E-state index contributed by atoms with van der Waals surface area (Å²) in [6, 6.07) is 13.7. The summed E-state index contributed by atoms with van der Waals surface area (Å²) in [6.07, 6.45) is -0.925. The van der Waals surface area contributed by atoms with Gasteiger partial charge in [0.2, 0.25) is 0 Å². The van der Waals surface area contributed by atoms with Crippen LogP contribution in [0.25, 0.3) is 10.9 Å². The second kappa shape index (κ2) is 12.8. The van der Waals surface area contributed by atoms with Gasteiger partial charge in [-0.2, -0.15) is 13.2 Å². The molecule has 3 aromatic carbocycles. The molecule has 0 atom stereocenters. The number of pyridine rings is 1. The van der Waals surface area contributed by atoms with Crippen LogP contribution in [0.3, 0.4) is 0 Å². The number of halogens is 3. The molecule has 3 heterocycles. The molecule has 4 aromatic rings. The molecule has 240 valence electrons. The summed E-state index contributed by atoms with van der Waals surface area (Å²) in [4.78, 5) is 35.0. The molecule has 3 amide bonds. The Bertz CT molecular complexity index is 1760. The minimum Gasteiger partial charge on any atom is -0.493 e. The number of urea groups is 1. The fraction of sp³-hybridized carbons (Fsp3) is 0.303. The lowest BCUT2D eigenvalue weighted by molar-refractivity contribution is -0.137. The molecule has 2 aliphatic rings. The van der Waals surface area contributed by atoms with E-state index in [9.17, 15) is 22.8 Å². The summed E-state index contributed by atoms with van der Waals surface area (Å²) in [5.41, 5.74) is -0.190. The third-order valence-corrected chi connectivity index (χ3v) is 7.90. The van der Waals surface area contributed by atoms with Gasteiger partial charge in [0.1, 0.15) is 30.4 Å². The Morgan fingerprint density at radius 1 is 0.826 bits per heavy atom. The molecule has 2 fully saturated rings. The van der Waals surface area contributed by atoms with Crippen LogP contribution in [0.15, 0.2) is 66.9 Å². The van der Waals surface area contributed by atoms with Crippen molar-refractivity contribution in [2.45, 2.75) is 19.0 Å². The average Bonchev–Trinajstić information content (AvgIpc) is 3.67. The Morgan fingerprint density at radius 2 is 1.54 bits per heavy atom. The van der Waals surface area contributed by atoms with Crippen LogP contribution in [0.5, 0.6) is 28.7 Å². The van der Waals surface area contributed by atoms with E-state index in [2.05, 4.69) is 9.88 Å². The zero-order valence-corrected chi connectivity index (χ0v) is 25.2. The number of ether oxygens (including phenoxy) is 4. The van der Waals surface area contributed by atoms with Crippen LogP contribution in [-0.2, 0) is 11.0 Å². The van der Waals surface area contributed by atoms with E-state index in [1.807, 2.05) is 0 Å². The van der Waals surface area contributed by atoms with Crippen molar-refractivity contribution in [3.05, 3.63) is 72.4 Å². The van der Waals surface area contributed by atoms with Gasteiger partial charge in [0.15, 0.2) is 11.5 Å². The van der Waals surface area contributed by atoms with E-state index < -0.39 is 30.2 Å². The number of anilines is 2. The van der Waals surface area contributed by atoms with Crippen LogP contribution in [0.4, 0.5) is 29.3 Å². The Kier molecular flexibility index (Phi) is 8.59. The van der Waals surface area contributed by atoms with Crippen LogP contribution in [-0.4, -0.2) is 68.8 Å². The van der Waals surface area contributed by atoms with E-state index in [4.69, 9.17) is 18.9 Å². The molecule has 10 nitrogen and oxygen atoms in total. The molecule has 2 aliphatic heterocycles. The van der Waals surface area contributed by atoms with Gasteiger partial charge in [-0.05, 0) is 74.5 Å². The highest BCUT2D eigenvalue weighted by molar-refractivity contribution is 6.27. The first-order chi connectivity index (χ1) is 22.1. The van der Waals surface area contributed by atoms with Gasteiger partial charge in [0, 0.05) is 30.3 Å². The number of carbonyl (C=O) groups excluding carboxylic acids is 2. The Balaban J connectivity index is 1.20. The fourth-order valence-electron chi connectivity index (χ4n) is 5.57. The number of likely N-dealkylation sites (tertiary alicyclic amines) is 1. The van der Waals surface area contributed by atoms with E-state index in [0.717, 1.165) is 47.9 Å². The molecular weight excluding hydrogens is 605 g/mol. The molecular formula is C33H31F3N4O6. The van der Waals surface area contributed by atoms with Crippen molar-refractivity contribution in [1.82, 2.24) is 9.88 Å². The van der Waals surface area contributed by atoms with Gasteiger partial charge in [0.25, 0.3) is 5.91 Å². The molecule has 0 spiro atoms. The van der Waals surface area contributed by atoms with Gasteiger partial charge in [-0.15, -0.1) is 0 Å². The second-order valence-corrected chi connectivity index (χ2v) is 10.8. The topological polar surface area (TPSA) is 93.7 Å². The third-order valence-electron chi connectivity index (χ3n) is 7.90. The number of hydrogen-bond acceptors (Lipinski definition) is 8. The second-order valence-electron chi connectivity index (χ2n) is 10.8. The van der Waals surface area contributed by atoms with Crippen molar-refractivity contribution in [1.29, 1.82) is 0 Å². The molecule has 0 saturated carbocycles. The number of amides is 3. The van der Waals surface area contributed by atoms with Crippen LogP contribution < -0.4 is 28.7 Å². The maximum Gasteiger partial charge on any atom is 0.416 e. The zero-order chi connectivity index (χ0) is 32.4. The van der Waals surface area contributed by atoms with Gasteiger partial charge >= 0.3 is 12.2 Å². The van der Waals surface area contributed by atoms with Gasteiger partial charge in [-0.1, -0.05) is 0 Å². The molecule has 2 saturated heterocycles. The molecule has 0 bridgehead atoms. The minimum atomic E-state index is -4.68. The molecule has 13 heteroatoms. The number of fused-ring (bicyclic) bond motifs is 1. The average molecular weight is 637 g/mol. The summed E-state index contributed by atoms with van der Waals surface area (Å²) in [7, 11) is 3.06. The van der Waals surface area contributed by atoms with E-state index in [0.29, 0.717) is 40.4 Å². The number of alkyl halides is 3. The van der Waals surface area contributed by atoms with Gasteiger partial charge < -0.3 is 18.9 Å². The lowest BCUT2D eigenvalue weighted by Crippen LogP contribution is -2.33. The minimum absolute atomic E-state index is 0.0241. The van der Waals surface area contributed by atoms with Gasteiger partial charge in [-0.3, -0.25) is 19.6 Å². The van der Waals surface area contributed by atoms with Crippen LogP contribution in [0, 0.1) is 0 Å². The normalized spacial score (nSPS) is 15.6. The number of imide groups is 1. The predicted molar refractivity (Wildman–Crippen MR) is 164 cm³/mol. The van der Waals surface area contributed by atoms with Crippen LogP contribution in [0.2, 0.25) is 0 Å². The van der Waals surface area contributed by atoms with Crippen molar-refractivity contribution in [2.24, 2.45) is 0 Å². The number of hydrogen-bond donors (Lipinski definition) is 0. The molecule has 0 radical (unpaired) electrons. The Hall–Kier alpha value is -5.04. The Morgan fingerprint density at radius 3 is 2.24 bits per heavy atom. The number of methoxy groups -OCH3 is 2. The fourth-order valence-corrected chi connectivity index (χ4v) is 5.57. The number of nitrogens with zero attached hydrogens (tertiary/aromatic N) is 4. The van der Waals surface area contributed by atoms with Crippen molar-refractivity contribution in [3.8, 4) is 28.7 Å². The first kappa shape index (κ1) is 31.0. The lowest BCUT2D eigenvalue weighted by atomic mass is 10.1. The third kappa shape index (κ3) is 6.36. The SMILES string of the molecule is COc1cc2nccc(Oc3ccc(N4C(=O)CN(c5cc(OCCN6CCCC6)cc(C(F)(F)F)c5)C4=O)cc3)c2cc1OC. The summed E-state index contributed by atoms with van der Waals surface area (Å²) < 4.78 is 63.9. The first-order valence-electron chi connectivity index (χ1n) is 14.6. The number of rotatable bonds is 10. The van der Waals surface area contributed by atoms with E-state index in [1.165, 1.54) is 32.4 Å². The summed E-state index contributed by atoms with van der Waals surface area (Å²) in [5.74, 6) is 1.30. The van der Waals surface area contributed by atoms with E-state index in [1.54, 1.807) is 36.5 Å². The van der Waals surface area contributed by atoms with E-state index >= 15 is 0 Å². The quantitative estimate of drug-likeness (QED) is 0.182. The standard InChI is InChI=1S/C33H31F3N4O6/c1-43-29-18-26-27(19-30(29)44-2)37-10-9-28(26)46-24-7-5-22(6-8-24)40-31(41)20-39(32(40)42)23-15-21(33(34,35)36)16-25(17-23)45-14-13-38-11-3-4-12-38/h5-10,15-19H,3-4,11-14,20H2,1-2H3. The van der Waals surface area contributed by atoms with Crippen LogP contribution >= 0.6 is 0 Å². The predicted octanol–water partition coefficient (Wildman–Crippen LogP) is 6.51. The monoisotopic (exact) mass is 636 g/mol. The molecule has 6 rings (SSSR count). The number of carbonyl (C=O) groups is 2. The molecule has 0 aliphatic carbocycles. The van der Waals surface area contributed by atoms with Crippen molar-refractivity contribution in [2.75, 3.05) is 56.8 Å². The molecule has 0 unspecified atom stereocenters. The molecule has 46 heavy (non-hydrogen) atoms. The van der Waals surface area contributed by atoms with Gasteiger partial charge in [-0.25, -0.2) is 9.69 Å². The smallest absolute Gasteiger partial charge is 0.416 e. The highest BCUT2D eigenvalue weighted by Crippen LogP contribution is 2.39. The van der Waals surface area contributed by atoms with Crippen molar-refractivity contribution in [3.63, 3.8) is 0 Å². The van der Waals surface area contributed by atoms with Crippen LogP contribution in [0.1, 0.15) is 18.4 Å². The first-order valence-corrected chi connectivity index (χ1v) is 14.6. The lowest BCUT2D eigenvalue weighted by Gasteiger charge is -2.20. The number of benzene rings is 3.